The Morgan fingerprint density at radius 1 is 1.15 bits per heavy atom. The summed E-state index contributed by atoms with van der Waals surface area (Å²) in [7, 11) is -3.76. The molecule has 0 bridgehead atoms. The number of H-pyrrole nitrogens is 1. The molecule has 146 valence electrons. The van der Waals surface area contributed by atoms with Gasteiger partial charge in [0, 0.05) is 35.5 Å². The van der Waals surface area contributed by atoms with Gasteiger partial charge in [0.2, 0.25) is 10.0 Å². The number of aromatic nitrogens is 1. The molecule has 0 aliphatic carbocycles. The monoisotopic (exact) mass is 399 g/mol. The molecule has 1 fully saturated rings. The van der Waals surface area contributed by atoms with E-state index in [1.54, 1.807) is 24.3 Å². The molecule has 3 N–H and O–H groups in total. The molecule has 1 aromatic carbocycles. The maximum Gasteiger partial charge on any atom is 0.266 e. The number of benzene rings is 1. The number of amides is 1. The highest BCUT2D eigenvalue weighted by Crippen LogP contribution is 2.31. The molecule has 0 unspecified atom stereocenters. The zero-order valence-corrected chi connectivity index (χ0v) is 17.5. The number of para-hydroxylation sites is 1. The lowest BCUT2D eigenvalue weighted by Crippen LogP contribution is -2.39. The molecule has 6 nitrogen and oxygen atoms in total. The third-order valence-electron chi connectivity index (χ3n) is 3.76. The number of rotatable bonds is 3. The predicted molar refractivity (Wildman–Crippen MR) is 113 cm³/mol. The van der Waals surface area contributed by atoms with Crippen molar-refractivity contribution in [1.29, 1.82) is 0 Å². The van der Waals surface area contributed by atoms with Crippen LogP contribution >= 0.6 is 10.5 Å². The summed E-state index contributed by atoms with van der Waals surface area (Å²) >= 11 is 0. The van der Waals surface area contributed by atoms with Gasteiger partial charge in [-0.05, 0) is 6.07 Å². The van der Waals surface area contributed by atoms with Gasteiger partial charge in [0.15, 0.2) is 0 Å². The van der Waals surface area contributed by atoms with E-state index in [4.69, 9.17) is 5.73 Å². The first-order valence-corrected chi connectivity index (χ1v) is 12.0. The molecule has 0 atom stereocenters. The average molecular weight is 400 g/mol. The summed E-state index contributed by atoms with van der Waals surface area (Å²) in [5, 5.41) is 0.496. The third kappa shape index (κ3) is 4.55. The van der Waals surface area contributed by atoms with E-state index in [1.807, 2.05) is 27.7 Å². The van der Waals surface area contributed by atoms with Crippen molar-refractivity contribution in [1.82, 2.24) is 9.29 Å². The molecule has 1 amide bonds. The Hall–Kier alpha value is -1.64. The molecule has 2 aromatic rings. The Morgan fingerprint density at radius 3 is 2.23 bits per heavy atom. The summed E-state index contributed by atoms with van der Waals surface area (Å²) in [5.74, 6) is 4.71. The number of nitrogens with zero attached hydrogens (tertiary/aromatic N) is 1. The van der Waals surface area contributed by atoms with Crippen LogP contribution in [0.2, 0.25) is 0 Å². The second kappa shape index (κ2) is 9.89. The maximum atomic E-state index is 13.0. The van der Waals surface area contributed by atoms with Crippen molar-refractivity contribution >= 4 is 43.2 Å². The Kier molecular flexibility index (Phi) is 8.52. The molecule has 26 heavy (non-hydrogen) atoms. The largest absolute Gasteiger partial charge is 0.364 e. The topological polar surface area (TPSA) is 96.3 Å². The fourth-order valence-electron chi connectivity index (χ4n) is 2.60. The second-order valence-electron chi connectivity index (χ2n) is 5.16. The van der Waals surface area contributed by atoms with E-state index < -0.39 is 15.9 Å². The van der Waals surface area contributed by atoms with Gasteiger partial charge in [-0.1, -0.05) is 51.8 Å². The lowest BCUT2D eigenvalue weighted by molar-refractivity contribution is 0.0993. The minimum absolute atomic E-state index is 0.0107. The first kappa shape index (κ1) is 22.4. The Balaban J connectivity index is 0.000000791. The highest BCUT2D eigenvalue weighted by atomic mass is 32.2. The van der Waals surface area contributed by atoms with Crippen molar-refractivity contribution in [3.05, 3.63) is 30.0 Å². The van der Waals surface area contributed by atoms with Crippen LogP contribution in [0, 0.1) is 0 Å². The van der Waals surface area contributed by atoms with Gasteiger partial charge in [-0.25, -0.2) is 8.42 Å². The minimum Gasteiger partial charge on any atom is -0.364 e. The molecule has 0 saturated carbocycles. The number of nitrogens with one attached hydrogen (secondary N) is 1. The standard InChI is InChI=1S/C14H17N3O3S2.2C2H6/c1-21-8-6-17(7-9-21)22(19,20)13-10-4-2-3-5-11(10)16-12(13)14(15)18;2*1-2/h2-5,16H,1,6-9H2,(H2,15,18);2*1-2H3. The van der Waals surface area contributed by atoms with E-state index in [0.29, 0.717) is 24.0 Å². The van der Waals surface area contributed by atoms with Gasteiger partial charge in [0.25, 0.3) is 5.91 Å². The van der Waals surface area contributed by atoms with Crippen molar-refractivity contribution in [3.8, 4) is 0 Å². The van der Waals surface area contributed by atoms with Crippen molar-refractivity contribution in [2.75, 3.05) is 24.6 Å². The number of fused-ring (bicyclic) bond motifs is 1. The maximum absolute atomic E-state index is 13.0. The van der Waals surface area contributed by atoms with Gasteiger partial charge < -0.3 is 10.7 Å². The van der Waals surface area contributed by atoms with Gasteiger partial charge >= 0.3 is 0 Å². The molecule has 1 aromatic heterocycles. The van der Waals surface area contributed by atoms with Gasteiger partial charge in [-0.3, -0.25) is 4.79 Å². The average Bonchev–Trinajstić information content (AvgIpc) is 3.06. The zero-order chi connectivity index (χ0) is 19.9. The molecule has 0 spiro atoms. The van der Waals surface area contributed by atoms with Crippen LogP contribution < -0.4 is 5.73 Å². The molecular weight excluding hydrogens is 370 g/mol. The number of hydrogen-bond acceptors (Lipinski definition) is 3. The molecular formula is C18H29N3O3S2. The van der Waals surface area contributed by atoms with Crippen molar-refractivity contribution in [3.63, 3.8) is 0 Å². The first-order valence-electron chi connectivity index (χ1n) is 8.79. The minimum atomic E-state index is -3.77. The number of hydrogen-bond donors (Lipinski definition) is 2. The van der Waals surface area contributed by atoms with Gasteiger partial charge in [0.1, 0.15) is 10.6 Å². The summed E-state index contributed by atoms with van der Waals surface area (Å²) in [5.41, 5.74) is 5.90. The lowest BCUT2D eigenvalue weighted by Gasteiger charge is -2.27. The van der Waals surface area contributed by atoms with Crippen molar-refractivity contribution in [2.24, 2.45) is 5.73 Å². The molecule has 2 heterocycles. The Morgan fingerprint density at radius 2 is 1.69 bits per heavy atom. The normalized spacial score (nSPS) is 15.5. The highest BCUT2D eigenvalue weighted by Gasteiger charge is 2.33. The van der Waals surface area contributed by atoms with Crippen molar-refractivity contribution < 1.29 is 13.2 Å². The van der Waals surface area contributed by atoms with Crippen LogP contribution in [-0.2, 0) is 10.0 Å². The molecule has 0 radical (unpaired) electrons. The van der Waals surface area contributed by atoms with E-state index >= 15 is 0 Å². The first-order chi connectivity index (χ1) is 12.4. The number of carbonyl (C=O) groups is 1. The van der Waals surface area contributed by atoms with Crippen LogP contribution in [0.3, 0.4) is 0 Å². The predicted octanol–water partition coefficient (Wildman–Crippen LogP) is 3.02. The fraction of sp³-hybridized carbons (Fsp3) is 0.444. The highest BCUT2D eigenvalue weighted by molar-refractivity contribution is 8.14. The number of nitrogens with two attached hydrogens (primary N) is 1. The van der Waals surface area contributed by atoms with Crippen LogP contribution in [-0.4, -0.2) is 54.1 Å². The van der Waals surface area contributed by atoms with Crippen LogP contribution in [0.15, 0.2) is 29.2 Å². The summed E-state index contributed by atoms with van der Waals surface area (Å²) in [6.45, 7) is 8.85. The summed E-state index contributed by atoms with van der Waals surface area (Å²) in [6, 6.07) is 6.92. The van der Waals surface area contributed by atoms with E-state index in [0.717, 1.165) is 11.5 Å². The number of aromatic amines is 1. The van der Waals surface area contributed by atoms with Gasteiger partial charge in [-0.2, -0.15) is 14.8 Å². The summed E-state index contributed by atoms with van der Waals surface area (Å²) < 4.78 is 27.4. The number of carbonyl (C=O) groups excluding carboxylic acids is 1. The van der Waals surface area contributed by atoms with E-state index in [9.17, 15) is 13.2 Å². The molecule has 1 saturated heterocycles. The number of sulfonamides is 1. The Labute approximate surface area is 158 Å². The van der Waals surface area contributed by atoms with Crippen molar-refractivity contribution in [2.45, 2.75) is 32.6 Å². The van der Waals surface area contributed by atoms with Gasteiger partial charge in [-0.15, -0.1) is 0 Å². The smallest absolute Gasteiger partial charge is 0.266 e. The second-order valence-corrected chi connectivity index (χ2v) is 9.08. The molecule has 1 aliphatic rings. The Bertz CT molecular complexity index is 863. The van der Waals surface area contributed by atoms with Crippen LogP contribution in [0.25, 0.3) is 10.9 Å². The van der Waals surface area contributed by atoms with E-state index in [1.165, 1.54) is 4.31 Å². The summed E-state index contributed by atoms with van der Waals surface area (Å²) in [6.07, 6.45) is 0. The zero-order valence-electron chi connectivity index (χ0n) is 15.9. The molecule has 3 rings (SSSR count). The van der Waals surface area contributed by atoms with Crippen LogP contribution in [0.1, 0.15) is 38.2 Å². The van der Waals surface area contributed by atoms with Crippen LogP contribution in [0.5, 0.6) is 0 Å². The summed E-state index contributed by atoms with van der Waals surface area (Å²) in [4.78, 5) is 14.5. The molecule has 1 aliphatic heterocycles. The molecule has 8 heteroatoms. The van der Waals surface area contributed by atoms with Crippen LogP contribution in [0.4, 0.5) is 0 Å². The number of primary amides is 1. The lowest BCUT2D eigenvalue weighted by atomic mass is 10.2. The van der Waals surface area contributed by atoms with E-state index in [2.05, 4.69) is 10.9 Å². The fourth-order valence-corrected chi connectivity index (χ4v) is 5.78. The van der Waals surface area contributed by atoms with Gasteiger partial charge in [0.05, 0.1) is 0 Å². The SMILES string of the molecule is C=S1CCN(S(=O)(=O)c2c(C(N)=O)[nH]c3ccccc23)CC1.CC.CC. The quantitative estimate of drug-likeness (QED) is 0.777. The van der Waals surface area contributed by atoms with E-state index in [-0.39, 0.29) is 21.1 Å². The third-order valence-corrected chi connectivity index (χ3v) is 7.27.